The van der Waals surface area contributed by atoms with E-state index in [0.717, 1.165) is 42.5 Å². The summed E-state index contributed by atoms with van der Waals surface area (Å²) in [6.45, 7) is 5.23. The zero-order valence-electron chi connectivity index (χ0n) is 18.8. The smallest absolute Gasteiger partial charge is 0.328 e. The number of benzene rings is 1. The number of hydrogen-bond donors (Lipinski definition) is 2. The summed E-state index contributed by atoms with van der Waals surface area (Å²) in [5.74, 6) is 1.03. The molecule has 1 aromatic carbocycles. The lowest BCUT2D eigenvalue weighted by molar-refractivity contribution is -0.154. The van der Waals surface area contributed by atoms with E-state index in [9.17, 15) is 14.4 Å². The lowest BCUT2D eigenvalue weighted by Gasteiger charge is -2.55. The molecular weight excluding hydrogens is 392 g/mol. The van der Waals surface area contributed by atoms with Gasteiger partial charge in [0.2, 0.25) is 5.91 Å². The zero-order chi connectivity index (χ0) is 22.2. The Hall–Kier alpha value is -2.37. The number of rotatable bonds is 7. The maximum absolute atomic E-state index is 13.1. The Morgan fingerprint density at radius 3 is 2.29 bits per heavy atom. The van der Waals surface area contributed by atoms with Crippen molar-refractivity contribution < 1.29 is 19.1 Å². The summed E-state index contributed by atoms with van der Waals surface area (Å²) in [5.41, 5.74) is 2.47. The number of para-hydroxylation sites is 1. The topological polar surface area (TPSA) is 84.5 Å². The molecule has 0 aliphatic heterocycles. The van der Waals surface area contributed by atoms with Crippen LogP contribution >= 0.6 is 0 Å². The van der Waals surface area contributed by atoms with Crippen molar-refractivity contribution in [1.82, 2.24) is 5.32 Å². The van der Waals surface area contributed by atoms with Gasteiger partial charge in [-0.25, -0.2) is 4.79 Å². The van der Waals surface area contributed by atoms with Gasteiger partial charge in [-0.2, -0.15) is 0 Å². The van der Waals surface area contributed by atoms with Crippen molar-refractivity contribution in [2.75, 3.05) is 11.9 Å². The van der Waals surface area contributed by atoms with Gasteiger partial charge in [0.05, 0.1) is 0 Å². The van der Waals surface area contributed by atoms with Crippen LogP contribution in [0.25, 0.3) is 0 Å². The van der Waals surface area contributed by atoms with Gasteiger partial charge in [-0.3, -0.25) is 9.59 Å². The number of carbonyl (C=O) groups excluding carboxylic acids is 3. The predicted molar refractivity (Wildman–Crippen MR) is 118 cm³/mol. The molecule has 0 saturated heterocycles. The van der Waals surface area contributed by atoms with Crippen LogP contribution in [0.2, 0.25) is 0 Å². The van der Waals surface area contributed by atoms with Crippen LogP contribution in [0, 0.1) is 30.1 Å². The first-order chi connectivity index (χ1) is 14.8. The summed E-state index contributed by atoms with van der Waals surface area (Å²) in [7, 11) is 0. The van der Waals surface area contributed by atoms with Crippen molar-refractivity contribution >= 4 is 23.5 Å². The first kappa shape index (κ1) is 21.8. The van der Waals surface area contributed by atoms with Gasteiger partial charge in [0.15, 0.2) is 6.61 Å². The van der Waals surface area contributed by atoms with Crippen LogP contribution in [-0.4, -0.2) is 30.4 Å². The molecule has 4 aliphatic carbocycles. The van der Waals surface area contributed by atoms with Crippen molar-refractivity contribution in [2.24, 2.45) is 23.2 Å². The average Bonchev–Trinajstić information content (AvgIpc) is 2.72. The molecule has 0 heterocycles. The van der Waals surface area contributed by atoms with Crippen molar-refractivity contribution in [3.05, 3.63) is 29.3 Å². The van der Waals surface area contributed by atoms with Gasteiger partial charge in [0.25, 0.3) is 5.91 Å². The summed E-state index contributed by atoms with van der Waals surface area (Å²) in [5, 5.41) is 5.74. The van der Waals surface area contributed by atoms with Crippen LogP contribution in [-0.2, 0) is 25.5 Å². The normalized spacial score (nSPS) is 29.3. The Labute approximate surface area is 184 Å². The van der Waals surface area contributed by atoms with E-state index in [-0.39, 0.29) is 23.8 Å². The number of carbonyl (C=O) groups is 3. The van der Waals surface area contributed by atoms with Crippen LogP contribution in [0.4, 0.5) is 5.69 Å². The number of esters is 1. The summed E-state index contributed by atoms with van der Waals surface area (Å²) in [6.07, 6.45) is 7.44. The Morgan fingerprint density at radius 2 is 1.71 bits per heavy atom. The van der Waals surface area contributed by atoms with E-state index in [4.69, 9.17) is 4.74 Å². The average molecular weight is 427 g/mol. The van der Waals surface area contributed by atoms with Gasteiger partial charge in [-0.1, -0.05) is 25.1 Å². The first-order valence-corrected chi connectivity index (χ1v) is 11.7. The monoisotopic (exact) mass is 426 g/mol. The number of aryl methyl sites for hydroxylation is 2. The lowest BCUT2D eigenvalue weighted by atomic mass is 9.49. The van der Waals surface area contributed by atoms with Crippen molar-refractivity contribution in [1.29, 1.82) is 0 Å². The fraction of sp³-hybridized carbons (Fsp3) is 0.640. The highest BCUT2D eigenvalue weighted by atomic mass is 16.5. The number of anilines is 1. The molecule has 6 nitrogen and oxygen atoms in total. The zero-order valence-corrected chi connectivity index (χ0v) is 18.8. The standard InChI is InChI=1S/C25H34N2O4/c1-4-20-7-5-6-15(2)22(20)27-21(28)14-31-23(29)16(3)26-24(30)25-11-17-8-18(12-25)10-19(9-17)13-25/h5-7,16-19H,4,8-14H2,1-3H3,(H,26,30)(H,27,28)/t16-,17?,18?,19?,25?/m0/s1. The maximum Gasteiger partial charge on any atom is 0.328 e. The van der Waals surface area contributed by atoms with Gasteiger partial charge in [-0.05, 0) is 87.7 Å². The van der Waals surface area contributed by atoms with Gasteiger partial charge in [-0.15, -0.1) is 0 Å². The first-order valence-electron chi connectivity index (χ1n) is 11.7. The largest absolute Gasteiger partial charge is 0.454 e. The summed E-state index contributed by atoms with van der Waals surface area (Å²) in [6, 6.07) is 5.09. The lowest BCUT2D eigenvalue weighted by Crippen LogP contribution is -2.56. The third-order valence-electron chi connectivity index (χ3n) is 7.57. The highest BCUT2D eigenvalue weighted by Gasteiger charge is 2.54. The van der Waals surface area contributed by atoms with Crippen LogP contribution < -0.4 is 10.6 Å². The maximum atomic E-state index is 13.1. The minimum atomic E-state index is -0.766. The SMILES string of the molecule is CCc1cccc(C)c1NC(=O)COC(=O)[C@H](C)NC(=O)C12CC3CC(CC(C3)C1)C2. The number of ether oxygens (including phenoxy) is 1. The minimum Gasteiger partial charge on any atom is -0.454 e. The molecule has 2 amide bonds. The molecule has 4 saturated carbocycles. The Morgan fingerprint density at radius 1 is 1.10 bits per heavy atom. The molecule has 4 fully saturated rings. The Bertz CT molecular complexity index is 843. The fourth-order valence-electron chi connectivity index (χ4n) is 6.44. The molecule has 4 aliphatic rings. The van der Waals surface area contributed by atoms with Crippen LogP contribution in [0.1, 0.15) is 63.5 Å². The molecule has 0 spiro atoms. The van der Waals surface area contributed by atoms with Gasteiger partial charge in [0.1, 0.15) is 6.04 Å². The van der Waals surface area contributed by atoms with Gasteiger partial charge in [0, 0.05) is 11.1 Å². The summed E-state index contributed by atoms with van der Waals surface area (Å²) < 4.78 is 5.21. The third kappa shape index (κ3) is 4.48. The molecule has 0 radical (unpaired) electrons. The van der Waals surface area contributed by atoms with E-state index < -0.39 is 12.0 Å². The molecule has 0 unspecified atom stereocenters. The second kappa shape index (κ2) is 8.64. The number of nitrogens with one attached hydrogen (secondary N) is 2. The van der Waals surface area contributed by atoms with Crippen LogP contribution in [0.15, 0.2) is 18.2 Å². The Balaban J connectivity index is 1.28. The molecule has 4 bridgehead atoms. The number of amides is 2. The van der Waals surface area contributed by atoms with E-state index in [1.807, 2.05) is 32.0 Å². The van der Waals surface area contributed by atoms with Gasteiger partial charge >= 0.3 is 5.97 Å². The highest BCUT2D eigenvalue weighted by molar-refractivity contribution is 5.95. The fourth-order valence-corrected chi connectivity index (χ4v) is 6.44. The molecular formula is C25H34N2O4. The van der Waals surface area contributed by atoms with Crippen molar-refractivity contribution in [2.45, 2.75) is 71.8 Å². The van der Waals surface area contributed by atoms with E-state index in [1.54, 1.807) is 6.92 Å². The summed E-state index contributed by atoms with van der Waals surface area (Å²) in [4.78, 5) is 37.9. The predicted octanol–water partition coefficient (Wildman–Crippen LogP) is 3.76. The van der Waals surface area contributed by atoms with E-state index in [0.29, 0.717) is 17.8 Å². The molecule has 168 valence electrons. The molecule has 6 heteroatoms. The minimum absolute atomic E-state index is 0.00648. The van der Waals surface area contributed by atoms with E-state index in [2.05, 4.69) is 10.6 Å². The second-order valence-electron chi connectivity index (χ2n) is 10.0. The van der Waals surface area contributed by atoms with Crippen LogP contribution in [0.3, 0.4) is 0 Å². The second-order valence-corrected chi connectivity index (χ2v) is 10.0. The van der Waals surface area contributed by atoms with E-state index in [1.165, 1.54) is 19.3 Å². The molecule has 31 heavy (non-hydrogen) atoms. The molecule has 2 N–H and O–H groups in total. The van der Waals surface area contributed by atoms with Crippen molar-refractivity contribution in [3.63, 3.8) is 0 Å². The third-order valence-corrected chi connectivity index (χ3v) is 7.57. The molecule has 5 rings (SSSR count). The number of hydrogen-bond acceptors (Lipinski definition) is 4. The summed E-state index contributed by atoms with van der Waals surface area (Å²) >= 11 is 0. The molecule has 1 atom stereocenters. The quantitative estimate of drug-likeness (QED) is 0.650. The van der Waals surface area contributed by atoms with Crippen LogP contribution in [0.5, 0.6) is 0 Å². The van der Waals surface area contributed by atoms with Gasteiger partial charge < -0.3 is 15.4 Å². The van der Waals surface area contributed by atoms with Crippen molar-refractivity contribution in [3.8, 4) is 0 Å². The highest BCUT2D eigenvalue weighted by Crippen LogP contribution is 2.60. The molecule has 1 aromatic rings. The Kier molecular flexibility index (Phi) is 6.09. The van der Waals surface area contributed by atoms with E-state index >= 15 is 0 Å². The molecule has 0 aromatic heterocycles.